The summed E-state index contributed by atoms with van der Waals surface area (Å²) in [5.41, 5.74) is 3.63. The normalized spacial score (nSPS) is 11.8. The first-order valence-corrected chi connectivity index (χ1v) is 17.9. The quantitative estimate of drug-likeness (QED) is 0.151. The van der Waals surface area contributed by atoms with Gasteiger partial charge < -0.3 is 19.7 Å². The largest absolute Gasteiger partial charge is 0.493 e. The Balaban J connectivity index is 1.85. The van der Waals surface area contributed by atoms with Gasteiger partial charge >= 0.3 is 0 Å². The smallest absolute Gasteiger partial charge is 0.264 e. The Morgan fingerprint density at radius 2 is 1.50 bits per heavy atom. The van der Waals surface area contributed by atoms with Crippen molar-refractivity contribution in [1.82, 2.24) is 10.2 Å². The molecule has 2 amide bonds. The second-order valence-corrected chi connectivity index (χ2v) is 14.3. The van der Waals surface area contributed by atoms with E-state index in [-0.39, 0.29) is 29.5 Å². The molecule has 0 aliphatic heterocycles. The minimum Gasteiger partial charge on any atom is -0.493 e. The molecular formula is C37H42BrN3O6S. The number of carbonyl (C=O) groups is 2. The van der Waals surface area contributed by atoms with Gasteiger partial charge in [-0.15, -0.1) is 0 Å². The van der Waals surface area contributed by atoms with E-state index in [0.717, 1.165) is 31.0 Å². The minimum absolute atomic E-state index is 0.0758. The van der Waals surface area contributed by atoms with Crippen molar-refractivity contribution in [1.29, 1.82) is 0 Å². The predicted molar refractivity (Wildman–Crippen MR) is 192 cm³/mol. The number of hydrogen-bond acceptors (Lipinski definition) is 6. The molecule has 4 aromatic carbocycles. The Morgan fingerprint density at radius 1 is 0.833 bits per heavy atom. The van der Waals surface area contributed by atoms with Crippen molar-refractivity contribution < 1.29 is 27.5 Å². The highest BCUT2D eigenvalue weighted by atomic mass is 79.9. The summed E-state index contributed by atoms with van der Waals surface area (Å²) in [6.45, 7) is 5.65. The maximum absolute atomic E-state index is 14.7. The first-order valence-electron chi connectivity index (χ1n) is 15.7. The van der Waals surface area contributed by atoms with Gasteiger partial charge in [-0.3, -0.25) is 13.9 Å². The maximum atomic E-state index is 14.7. The average Bonchev–Trinajstić information content (AvgIpc) is 3.07. The van der Waals surface area contributed by atoms with E-state index < -0.39 is 28.5 Å². The molecule has 4 aromatic rings. The third-order valence-electron chi connectivity index (χ3n) is 7.78. The second-order valence-electron chi connectivity index (χ2n) is 11.5. The van der Waals surface area contributed by atoms with Crippen LogP contribution in [0.25, 0.3) is 0 Å². The van der Waals surface area contributed by atoms with Crippen molar-refractivity contribution in [2.45, 2.75) is 51.1 Å². The van der Waals surface area contributed by atoms with Gasteiger partial charge in [-0.05, 0) is 78.9 Å². The number of aryl methyl sites for hydroxylation is 2. The van der Waals surface area contributed by atoms with Crippen LogP contribution in [0.4, 0.5) is 5.69 Å². The molecule has 0 unspecified atom stereocenters. The number of methoxy groups -OCH3 is 2. The molecule has 0 radical (unpaired) electrons. The number of amides is 2. The van der Waals surface area contributed by atoms with E-state index in [1.807, 2.05) is 81.4 Å². The molecule has 11 heteroatoms. The van der Waals surface area contributed by atoms with E-state index in [1.54, 1.807) is 12.1 Å². The molecule has 0 heterocycles. The molecule has 0 aliphatic carbocycles. The number of ether oxygens (including phenoxy) is 2. The van der Waals surface area contributed by atoms with Crippen LogP contribution in [0.15, 0.2) is 100 Å². The number of halogens is 1. The summed E-state index contributed by atoms with van der Waals surface area (Å²) in [5, 5.41) is 2.96. The van der Waals surface area contributed by atoms with E-state index in [1.165, 1.54) is 37.3 Å². The summed E-state index contributed by atoms with van der Waals surface area (Å²) < 4.78 is 41.6. The molecule has 48 heavy (non-hydrogen) atoms. The number of benzene rings is 4. The van der Waals surface area contributed by atoms with Gasteiger partial charge in [-0.1, -0.05) is 71.4 Å². The maximum Gasteiger partial charge on any atom is 0.264 e. The van der Waals surface area contributed by atoms with E-state index >= 15 is 0 Å². The fourth-order valence-corrected chi connectivity index (χ4v) is 7.34. The third kappa shape index (κ3) is 9.17. The first kappa shape index (κ1) is 36.5. The summed E-state index contributed by atoms with van der Waals surface area (Å²) >= 11 is 3.51. The zero-order valence-corrected chi connectivity index (χ0v) is 30.3. The molecule has 0 bridgehead atoms. The number of sulfonamides is 1. The van der Waals surface area contributed by atoms with Gasteiger partial charge in [0.15, 0.2) is 11.5 Å². The van der Waals surface area contributed by atoms with Gasteiger partial charge in [-0.25, -0.2) is 8.42 Å². The van der Waals surface area contributed by atoms with E-state index in [4.69, 9.17) is 9.47 Å². The summed E-state index contributed by atoms with van der Waals surface area (Å²) in [7, 11) is -1.44. The van der Waals surface area contributed by atoms with Crippen molar-refractivity contribution in [3.63, 3.8) is 0 Å². The average molecular weight is 737 g/mol. The molecular weight excluding hydrogens is 694 g/mol. The molecule has 0 aliphatic rings. The van der Waals surface area contributed by atoms with Crippen LogP contribution in [-0.2, 0) is 32.6 Å². The highest BCUT2D eigenvalue weighted by Gasteiger charge is 2.35. The van der Waals surface area contributed by atoms with Crippen LogP contribution >= 0.6 is 15.9 Å². The number of rotatable bonds is 15. The van der Waals surface area contributed by atoms with Crippen LogP contribution in [0.3, 0.4) is 0 Å². The number of nitrogens with zero attached hydrogens (tertiary/aromatic N) is 2. The number of anilines is 1. The summed E-state index contributed by atoms with van der Waals surface area (Å²) in [6, 6.07) is 25.7. The molecule has 0 aromatic heterocycles. The summed E-state index contributed by atoms with van der Waals surface area (Å²) in [5.74, 6) is -0.250. The zero-order chi connectivity index (χ0) is 34.8. The van der Waals surface area contributed by atoms with Crippen LogP contribution in [0, 0.1) is 13.8 Å². The first-order chi connectivity index (χ1) is 23.0. The van der Waals surface area contributed by atoms with Crippen LogP contribution < -0.4 is 19.1 Å². The van der Waals surface area contributed by atoms with Crippen LogP contribution in [-0.4, -0.2) is 58.5 Å². The molecule has 0 saturated heterocycles. The Kier molecular flexibility index (Phi) is 12.7. The molecule has 1 atom stereocenters. The highest BCUT2D eigenvalue weighted by molar-refractivity contribution is 9.10. The van der Waals surface area contributed by atoms with Crippen LogP contribution in [0.1, 0.15) is 35.6 Å². The van der Waals surface area contributed by atoms with Crippen LogP contribution in [0.2, 0.25) is 0 Å². The lowest BCUT2D eigenvalue weighted by molar-refractivity contribution is -0.140. The lowest BCUT2D eigenvalue weighted by atomic mass is 10.0. The molecule has 1 N–H and O–H groups in total. The van der Waals surface area contributed by atoms with Crippen molar-refractivity contribution in [2.24, 2.45) is 0 Å². The van der Waals surface area contributed by atoms with Crippen molar-refractivity contribution >= 4 is 43.5 Å². The van der Waals surface area contributed by atoms with Gasteiger partial charge in [0.2, 0.25) is 11.8 Å². The molecule has 9 nitrogen and oxygen atoms in total. The molecule has 4 rings (SSSR count). The fourth-order valence-electron chi connectivity index (χ4n) is 5.48. The van der Waals surface area contributed by atoms with E-state index in [2.05, 4.69) is 21.2 Å². The molecule has 0 saturated carbocycles. The fraction of sp³-hybridized carbons (Fsp3) is 0.297. The lowest BCUT2D eigenvalue weighted by Crippen LogP contribution is -2.53. The van der Waals surface area contributed by atoms with Gasteiger partial charge in [0.25, 0.3) is 10.0 Å². The zero-order valence-electron chi connectivity index (χ0n) is 27.9. The molecule has 254 valence electrons. The summed E-state index contributed by atoms with van der Waals surface area (Å²) in [6.07, 6.45) is 0.954. The second kappa shape index (κ2) is 16.7. The van der Waals surface area contributed by atoms with Crippen molar-refractivity contribution in [3.05, 3.63) is 118 Å². The Bertz CT molecular complexity index is 1810. The SMILES string of the molecule is CCCNC(=O)[C@H](Cc1ccccc1)N(Cc1cccc(Br)c1)C(=O)CN(c1cc(C)cc(C)c1)S(=O)(=O)c1ccc(OC)c(OC)c1. The topological polar surface area (TPSA) is 105 Å². The lowest BCUT2D eigenvalue weighted by Gasteiger charge is -2.34. The highest BCUT2D eigenvalue weighted by Crippen LogP contribution is 2.33. The minimum atomic E-state index is -4.33. The van der Waals surface area contributed by atoms with Crippen LogP contribution in [0.5, 0.6) is 11.5 Å². The van der Waals surface area contributed by atoms with E-state index in [0.29, 0.717) is 24.4 Å². The Hall–Kier alpha value is -4.35. The predicted octanol–water partition coefficient (Wildman–Crippen LogP) is 6.44. The van der Waals surface area contributed by atoms with Gasteiger partial charge in [0, 0.05) is 30.0 Å². The van der Waals surface area contributed by atoms with Crippen molar-refractivity contribution in [3.8, 4) is 11.5 Å². The van der Waals surface area contributed by atoms with Gasteiger partial charge in [-0.2, -0.15) is 0 Å². The Morgan fingerprint density at radius 3 is 2.12 bits per heavy atom. The Labute approximate surface area is 292 Å². The number of hydrogen-bond donors (Lipinski definition) is 1. The van der Waals surface area contributed by atoms with Crippen molar-refractivity contribution in [2.75, 3.05) is 31.6 Å². The van der Waals surface area contributed by atoms with E-state index in [9.17, 15) is 18.0 Å². The molecule has 0 fully saturated rings. The third-order valence-corrected chi connectivity index (χ3v) is 10.0. The molecule has 0 spiro atoms. The monoisotopic (exact) mass is 735 g/mol. The van der Waals surface area contributed by atoms with Gasteiger partial charge in [0.1, 0.15) is 12.6 Å². The summed E-state index contributed by atoms with van der Waals surface area (Å²) in [4.78, 5) is 29.9. The number of nitrogens with one attached hydrogen (secondary N) is 1. The number of carbonyl (C=O) groups excluding carboxylic acids is 2. The van der Waals surface area contributed by atoms with Gasteiger partial charge in [0.05, 0.1) is 24.8 Å². The standard InChI is InChI=1S/C37H42BrN3O6S/c1-6-17-39-37(43)33(22-28-11-8-7-9-12-28)40(24-29-13-10-14-30(38)21-29)36(42)25-41(31-19-26(2)18-27(3)20-31)48(44,45)32-15-16-34(46-4)35(23-32)47-5/h7-16,18-21,23,33H,6,17,22,24-25H2,1-5H3,(H,39,43)/t33-/m0/s1.